The van der Waals surface area contributed by atoms with Crippen molar-refractivity contribution < 1.29 is 4.79 Å². The van der Waals surface area contributed by atoms with Crippen molar-refractivity contribution in [2.24, 2.45) is 0 Å². The van der Waals surface area contributed by atoms with Crippen LogP contribution in [0.1, 0.15) is 15.9 Å². The number of hydrogen-bond acceptors (Lipinski definition) is 3. The zero-order valence-corrected chi connectivity index (χ0v) is 11.2. The fraction of sp³-hybridized carbons (Fsp3) is 0.0714. The van der Waals surface area contributed by atoms with E-state index in [1.807, 2.05) is 25.1 Å². The van der Waals surface area contributed by atoms with E-state index in [2.05, 4.69) is 15.6 Å². The van der Waals surface area contributed by atoms with E-state index in [4.69, 9.17) is 12.2 Å². The second kappa shape index (κ2) is 6.06. The van der Waals surface area contributed by atoms with Gasteiger partial charge in [-0.3, -0.25) is 10.1 Å². The molecule has 2 rings (SSSR count). The highest BCUT2D eigenvalue weighted by molar-refractivity contribution is 7.80. The number of pyridine rings is 1. The van der Waals surface area contributed by atoms with E-state index in [9.17, 15) is 4.79 Å². The minimum atomic E-state index is -0.239. The summed E-state index contributed by atoms with van der Waals surface area (Å²) >= 11 is 5.06. The van der Waals surface area contributed by atoms with Gasteiger partial charge in [-0.1, -0.05) is 23.8 Å². The molecule has 0 fully saturated rings. The number of nitrogens with zero attached hydrogens (tertiary/aromatic N) is 1. The molecule has 0 atom stereocenters. The van der Waals surface area contributed by atoms with Gasteiger partial charge in [0.05, 0.1) is 0 Å². The maximum absolute atomic E-state index is 11.9. The van der Waals surface area contributed by atoms with Crippen LogP contribution in [0.5, 0.6) is 0 Å². The maximum atomic E-state index is 11.9. The lowest BCUT2D eigenvalue weighted by atomic mass is 10.1. The summed E-state index contributed by atoms with van der Waals surface area (Å²) in [4.78, 5) is 16.0. The maximum Gasteiger partial charge on any atom is 0.257 e. The number of rotatable bonds is 2. The van der Waals surface area contributed by atoms with E-state index >= 15 is 0 Å². The predicted octanol–water partition coefficient (Wildman–Crippen LogP) is 2.52. The molecule has 4 nitrogen and oxygen atoms in total. The van der Waals surface area contributed by atoms with Crippen LogP contribution in [0.15, 0.2) is 48.7 Å². The Balaban J connectivity index is 1.98. The summed E-state index contributed by atoms with van der Waals surface area (Å²) in [5.41, 5.74) is 1.60. The largest absolute Gasteiger partial charge is 0.317 e. The van der Waals surface area contributed by atoms with Crippen LogP contribution in [-0.2, 0) is 0 Å². The number of nitrogens with one attached hydrogen (secondary N) is 2. The third kappa shape index (κ3) is 3.86. The molecule has 0 unspecified atom stereocenters. The van der Waals surface area contributed by atoms with Crippen molar-refractivity contribution >= 4 is 29.1 Å². The molecule has 1 amide bonds. The molecule has 5 heteroatoms. The number of aryl methyl sites for hydroxylation is 1. The number of thiocarbonyl (C=S) groups is 1. The predicted molar refractivity (Wildman–Crippen MR) is 79.1 cm³/mol. The monoisotopic (exact) mass is 271 g/mol. The van der Waals surface area contributed by atoms with Crippen LogP contribution in [0.4, 0.5) is 5.82 Å². The third-order valence-electron chi connectivity index (χ3n) is 2.41. The van der Waals surface area contributed by atoms with Crippen LogP contribution in [0.2, 0.25) is 0 Å². The Morgan fingerprint density at radius 1 is 1.21 bits per heavy atom. The smallest absolute Gasteiger partial charge is 0.257 e. The van der Waals surface area contributed by atoms with E-state index in [-0.39, 0.29) is 11.0 Å². The highest BCUT2D eigenvalue weighted by Gasteiger charge is 2.07. The second-order valence-electron chi connectivity index (χ2n) is 3.99. The van der Waals surface area contributed by atoms with Gasteiger partial charge in [-0.15, -0.1) is 0 Å². The van der Waals surface area contributed by atoms with Crippen LogP contribution >= 0.6 is 12.2 Å². The summed E-state index contributed by atoms with van der Waals surface area (Å²) in [6.07, 6.45) is 1.65. The number of carbonyl (C=O) groups is 1. The summed E-state index contributed by atoms with van der Waals surface area (Å²) in [5, 5.41) is 5.69. The highest BCUT2D eigenvalue weighted by Crippen LogP contribution is 2.04. The zero-order chi connectivity index (χ0) is 13.7. The lowest BCUT2D eigenvalue weighted by Gasteiger charge is -2.08. The Hall–Kier alpha value is -2.27. The fourth-order valence-corrected chi connectivity index (χ4v) is 1.74. The van der Waals surface area contributed by atoms with Crippen LogP contribution < -0.4 is 10.6 Å². The molecule has 2 aromatic rings. The summed E-state index contributed by atoms with van der Waals surface area (Å²) < 4.78 is 0. The Kier molecular flexibility index (Phi) is 4.20. The minimum absolute atomic E-state index is 0.227. The molecule has 19 heavy (non-hydrogen) atoms. The number of anilines is 1. The van der Waals surface area contributed by atoms with Crippen molar-refractivity contribution in [3.8, 4) is 0 Å². The third-order valence-corrected chi connectivity index (χ3v) is 2.62. The first-order valence-corrected chi connectivity index (χ1v) is 6.16. The van der Waals surface area contributed by atoms with Crippen molar-refractivity contribution in [3.63, 3.8) is 0 Å². The SMILES string of the molecule is Cc1cccc(C(=O)NC(=S)Nc2ccccn2)c1. The molecule has 0 saturated carbocycles. The Labute approximate surface area is 116 Å². The average molecular weight is 271 g/mol. The first-order valence-electron chi connectivity index (χ1n) is 5.75. The Morgan fingerprint density at radius 3 is 2.74 bits per heavy atom. The van der Waals surface area contributed by atoms with Gasteiger partial charge in [0.1, 0.15) is 5.82 Å². The first kappa shape index (κ1) is 13.2. The molecule has 1 heterocycles. The first-order chi connectivity index (χ1) is 9.15. The van der Waals surface area contributed by atoms with Crippen molar-refractivity contribution in [2.45, 2.75) is 6.92 Å². The van der Waals surface area contributed by atoms with Gasteiger partial charge in [0, 0.05) is 11.8 Å². The Morgan fingerprint density at radius 2 is 2.05 bits per heavy atom. The van der Waals surface area contributed by atoms with Crippen molar-refractivity contribution in [2.75, 3.05) is 5.32 Å². The number of carbonyl (C=O) groups excluding carboxylic acids is 1. The molecule has 96 valence electrons. The van der Waals surface area contributed by atoms with Crippen LogP contribution in [0.3, 0.4) is 0 Å². The standard InChI is InChI=1S/C14H13N3OS/c1-10-5-4-6-11(9-10)13(18)17-14(19)16-12-7-2-3-8-15-12/h2-9H,1H3,(H2,15,16,17,18,19). The average Bonchev–Trinajstić information content (AvgIpc) is 2.39. The topological polar surface area (TPSA) is 54.0 Å². The van der Waals surface area contributed by atoms with Gasteiger partial charge in [-0.2, -0.15) is 0 Å². The van der Waals surface area contributed by atoms with E-state index < -0.39 is 0 Å². The van der Waals surface area contributed by atoms with E-state index in [1.165, 1.54) is 0 Å². The van der Waals surface area contributed by atoms with E-state index in [0.29, 0.717) is 11.4 Å². The Bertz CT molecular complexity index is 599. The van der Waals surface area contributed by atoms with Gasteiger partial charge in [-0.05, 0) is 43.4 Å². The lowest BCUT2D eigenvalue weighted by Crippen LogP contribution is -2.34. The van der Waals surface area contributed by atoms with Crippen LogP contribution in [0.25, 0.3) is 0 Å². The van der Waals surface area contributed by atoms with Gasteiger partial charge in [0.25, 0.3) is 5.91 Å². The van der Waals surface area contributed by atoms with Crippen molar-refractivity contribution in [3.05, 3.63) is 59.8 Å². The number of hydrogen-bond donors (Lipinski definition) is 2. The highest BCUT2D eigenvalue weighted by atomic mass is 32.1. The molecule has 1 aromatic heterocycles. The summed E-state index contributed by atoms with van der Waals surface area (Å²) in [7, 11) is 0. The molecule has 0 bridgehead atoms. The molecule has 0 aliphatic heterocycles. The van der Waals surface area contributed by atoms with E-state index in [1.54, 1.807) is 30.5 Å². The minimum Gasteiger partial charge on any atom is -0.317 e. The zero-order valence-electron chi connectivity index (χ0n) is 10.4. The van der Waals surface area contributed by atoms with Gasteiger partial charge < -0.3 is 5.32 Å². The van der Waals surface area contributed by atoms with Gasteiger partial charge in [-0.25, -0.2) is 4.98 Å². The van der Waals surface area contributed by atoms with Crippen LogP contribution in [0, 0.1) is 6.92 Å². The normalized spacial score (nSPS) is 9.74. The van der Waals surface area contributed by atoms with E-state index in [0.717, 1.165) is 5.56 Å². The number of benzene rings is 1. The quantitative estimate of drug-likeness (QED) is 0.824. The summed E-state index contributed by atoms with van der Waals surface area (Å²) in [5.74, 6) is 0.356. The fourth-order valence-electron chi connectivity index (χ4n) is 1.55. The summed E-state index contributed by atoms with van der Waals surface area (Å²) in [6, 6.07) is 12.7. The van der Waals surface area contributed by atoms with Crippen molar-refractivity contribution in [1.82, 2.24) is 10.3 Å². The molecule has 0 aliphatic carbocycles. The molecule has 0 radical (unpaired) electrons. The number of aromatic nitrogens is 1. The molecule has 0 spiro atoms. The molecular weight excluding hydrogens is 258 g/mol. The lowest BCUT2D eigenvalue weighted by molar-refractivity contribution is 0.0977. The van der Waals surface area contributed by atoms with Crippen LogP contribution in [-0.4, -0.2) is 16.0 Å². The summed E-state index contributed by atoms with van der Waals surface area (Å²) in [6.45, 7) is 1.93. The van der Waals surface area contributed by atoms with Gasteiger partial charge in [0.15, 0.2) is 5.11 Å². The van der Waals surface area contributed by atoms with Gasteiger partial charge in [0.2, 0.25) is 0 Å². The molecule has 1 aromatic carbocycles. The molecule has 2 N–H and O–H groups in total. The van der Waals surface area contributed by atoms with Crippen molar-refractivity contribution in [1.29, 1.82) is 0 Å². The molecular formula is C14H13N3OS. The molecule has 0 aliphatic rings. The second-order valence-corrected chi connectivity index (χ2v) is 4.40. The van der Waals surface area contributed by atoms with Gasteiger partial charge >= 0.3 is 0 Å². The molecule has 0 saturated heterocycles. The number of amides is 1.